The van der Waals surface area contributed by atoms with Gasteiger partial charge in [-0.25, -0.2) is 0 Å². The van der Waals surface area contributed by atoms with Crippen molar-refractivity contribution in [3.8, 4) is 5.75 Å². The van der Waals surface area contributed by atoms with Gasteiger partial charge in [-0.3, -0.25) is 4.79 Å². The molecule has 1 amide bonds. The summed E-state index contributed by atoms with van der Waals surface area (Å²) in [6.45, 7) is 7.09. The number of ether oxygens (including phenoxy) is 1. The summed E-state index contributed by atoms with van der Waals surface area (Å²) in [4.78, 5) is 11.7. The molecule has 3 N–H and O–H groups in total. The lowest BCUT2D eigenvalue weighted by molar-refractivity contribution is -0.123. The lowest BCUT2D eigenvalue weighted by Crippen LogP contribution is -2.44. The Morgan fingerprint density at radius 2 is 2.10 bits per heavy atom. The maximum atomic E-state index is 11.7. The molecule has 0 aromatic heterocycles. The molecule has 0 saturated heterocycles. The minimum Gasteiger partial charge on any atom is -0.494 e. The quantitative estimate of drug-likeness (QED) is 0.811. The standard InChI is InChI=1S/C15H24N2O2.ClH/c1-4-19-13-7-5-6-12(10-13)8-9-17-15(18)14(16)11(2)3;/h5-7,10-11,14H,4,8-9,16H2,1-3H3,(H,17,18);1H/t14-;/m0./s1. The number of rotatable bonds is 7. The van der Waals surface area contributed by atoms with E-state index in [9.17, 15) is 4.79 Å². The van der Waals surface area contributed by atoms with E-state index in [2.05, 4.69) is 5.32 Å². The Morgan fingerprint density at radius 1 is 1.40 bits per heavy atom. The van der Waals surface area contributed by atoms with E-state index < -0.39 is 6.04 Å². The summed E-state index contributed by atoms with van der Waals surface area (Å²) in [6.07, 6.45) is 0.775. The molecule has 0 aliphatic rings. The predicted molar refractivity (Wildman–Crippen MR) is 84.4 cm³/mol. The molecule has 0 spiro atoms. The van der Waals surface area contributed by atoms with Crippen LogP contribution in [0.4, 0.5) is 0 Å². The van der Waals surface area contributed by atoms with Gasteiger partial charge in [0.25, 0.3) is 0 Å². The third-order valence-corrected chi connectivity index (χ3v) is 2.94. The van der Waals surface area contributed by atoms with E-state index in [4.69, 9.17) is 10.5 Å². The summed E-state index contributed by atoms with van der Waals surface area (Å²) in [6, 6.07) is 7.48. The Kier molecular flexibility index (Phi) is 9.01. The Balaban J connectivity index is 0.00000361. The molecule has 0 aliphatic heterocycles. The second-order valence-corrected chi connectivity index (χ2v) is 4.89. The van der Waals surface area contributed by atoms with Crippen molar-refractivity contribution in [2.24, 2.45) is 11.7 Å². The van der Waals surface area contributed by atoms with Gasteiger partial charge in [0.2, 0.25) is 5.91 Å². The Hall–Kier alpha value is -1.26. The molecule has 4 nitrogen and oxygen atoms in total. The lowest BCUT2D eigenvalue weighted by Gasteiger charge is -2.15. The average molecular weight is 301 g/mol. The van der Waals surface area contributed by atoms with Crippen molar-refractivity contribution < 1.29 is 9.53 Å². The van der Waals surface area contributed by atoms with Crippen molar-refractivity contribution >= 4 is 18.3 Å². The number of hydrogen-bond donors (Lipinski definition) is 2. The van der Waals surface area contributed by atoms with Gasteiger partial charge >= 0.3 is 0 Å². The largest absolute Gasteiger partial charge is 0.494 e. The molecule has 0 unspecified atom stereocenters. The molecule has 0 fully saturated rings. The van der Waals surface area contributed by atoms with E-state index in [1.54, 1.807) is 0 Å². The molecule has 1 aromatic rings. The van der Waals surface area contributed by atoms with Gasteiger partial charge in [0.05, 0.1) is 12.6 Å². The van der Waals surface area contributed by atoms with Gasteiger partial charge in [-0.05, 0) is 37.0 Å². The van der Waals surface area contributed by atoms with Crippen molar-refractivity contribution in [3.05, 3.63) is 29.8 Å². The fourth-order valence-electron chi connectivity index (χ4n) is 1.71. The highest BCUT2D eigenvalue weighted by Gasteiger charge is 2.16. The number of hydrogen-bond acceptors (Lipinski definition) is 3. The Morgan fingerprint density at radius 3 is 2.70 bits per heavy atom. The van der Waals surface area contributed by atoms with Crippen LogP contribution in [0.2, 0.25) is 0 Å². The van der Waals surface area contributed by atoms with E-state index >= 15 is 0 Å². The van der Waals surface area contributed by atoms with Crippen molar-refractivity contribution in [2.45, 2.75) is 33.2 Å². The molecular formula is C15H25ClN2O2. The topological polar surface area (TPSA) is 64.3 Å². The zero-order chi connectivity index (χ0) is 14.3. The molecule has 20 heavy (non-hydrogen) atoms. The van der Waals surface area contributed by atoms with Crippen LogP contribution in [0.5, 0.6) is 5.75 Å². The van der Waals surface area contributed by atoms with Gasteiger partial charge in [-0.1, -0.05) is 26.0 Å². The van der Waals surface area contributed by atoms with Crippen LogP contribution in [0.3, 0.4) is 0 Å². The number of carbonyl (C=O) groups excluding carboxylic acids is 1. The fourth-order valence-corrected chi connectivity index (χ4v) is 1.71. The van der Waals surface area contributed by atoms with Gasteiger partial charge < -0.3 is 15.8 Å². The molecule has 1 rings (SSSR count). The minimum atomic E-state index is -0.435. The zero-order valence-corrected chi connectivity index (χ0v) is 13.2. The van der Waals surface area contributed by atoms with E-state index in [1.807, 2.05) is 45.0 Å². The van der Waals surface area contributed by atoms with Gasteiger partial charge in [-0.15, -0.1) is 12.4 Å². The molecule has 0 heterocycles. The SMILES string of the molecule is CCOc1cccc(CCNC(=O)[C@@H](N)C(C)C)c1.Cl. The molecule has 0 saturated carbocycles. The summed E-state index contributed by atoms with van der Waals surface area (Å²) in [5, 5.41) is 2.86. The van der Waals surface area contributed by atoms with E-state index in [0.29, 0.717) is 13.2 Å². The minimum absolute atomic E-state index is 0. The fraction of sp³-hybridized carbons (Fsp3) is 0.533. The van der Waals surface area contributed by atoms with Gasteiger partial charge in [-0.2, -0.15) is 0 Å². The zero-order valence-electron chi connectivity index (χ0n) is 12.4. The van der Waals surface area contributed by atoms with E-state index in [0.717, 1.165) is 17.7 Å². The molecule has 1 aromatic carbocycles. The third kappa shape index (κ3) is 6.26. The molecule has 5 heteroatoms. The van der Waals surface area contributed by atoms with Crippen LogP contribution in [-0.2, 0) is 11.2 Å². The van der Waals surface area contributed by atoms with Crippen LogP contribution in [0.25, 0.3) is 0 Å². The number of carbonyl (C=O) groups is 1. The molecule has 0 bridgehead atoms. The van der Waals surface area contributed by atoms with E-state index in [-0.39, 0.29) is 24.2 Å². The number of nitrogens with one attached hydrogen (secondary N) is 1. The van der Waals surface area contributed by atoms with Crippen molar-refractivity contribution in [1.82, 2.24) is 5.32 Å². The van der Waals surface area contributed by atoms with Crippen LogP contribution in [0.15, 0.2) is 24.3 Å². The predicted octanol–water partition coefficient (Wildman–Crippen LogP) is 2.15. The summed E-state index contributed by atoms with van der Waals surface area (Å²) in [5.74, 6) is 0.933. The third-order valence-electron chi connectivity index (χ3n) is 2.94. The first kappa shape index (κ1) is 18.7. The lowest BCUT2D eigenvalue weighted by atomic mass is 10.0. The van der Waals surface area contributed by atoms with E-state index in [1.165, 1.54) is 0 Å². The van der Waals surface area contributed by atoms with Gasteiger partial charge in [0, 0.05) is 6.54 Å². The highest BCUT2D eigenvalue weighted by molar-refractivity contribution is 5.85. The second-order valence-electron chi connectivity index (χ2n) is 4.89. The monoisotopic (exact) mass is 300 g/mol. The number of halogens is 1. The highest BCUT2D eigenvalue weighted by Crippen LogP contribution is 2.13. The second kappa shape index (κ2) is 9.61. The summed E-state index contributed by atoms with van der Waals surface area (Å²) < 4.78 is 5.44. The van der Waals surface area contributed by atoms with Gasteiger partial charge in [0.1, 0.15) is 5.75 Å². The number of amides is 1. The van der Waals surface area contributed by atoms with Crippen LogP contribution in [0, 0.1) is 5.92 Å². The maximum Gasteiger partial charge on any atom is 0.237 e. The number of benzene rings is 1. The summed E-state index contributed by atoms with van der Waals surface area (Å²) in [7, 11) is 0. The molecule has 1 atom stereocenters. The molecular weight excluding hydrogens is 276 g/mol. The highest BCUT2D eigenvalue weighted by atomic mass is 35.5. The van der Waals surface area contributed by atoms with Crippen molar-refractivity contribution in [2.75, 3.05) is 13.2 Å². The smallest absolute Gasteiger partial charge is 0.237 e. The number of nitrogens with two attached hydrogens (primary N) is 1. The first-order valence-corrected chi connectivity index (χ1v) is 6.79. The first-order chi connectivity index (χ1) is 9.04. The molecule has 0 aliphatic carbocycles. The van der Waals surface area contributed by atoms with Crippen LogP contribution in [-0.4, -0.2) is 25.1 Å². The Bertz CT molecular complexity index is 411. The van der Waals surface area contributed by atoms with Crippen LogP contribution < -0.4 is 15.8 Å². The average Bonchev–Trinajstić information content (AvgIpc) is 2.38. The Labute approximate surface area is 127 Å². The summed E-state index contributed by atoms with van der Waals surface area (Å²) in [5.41, 5.74) is 6.91. The van der Waals surface area contributed by atoms with Crippen molar-refractivity contribution in [3.63, 3.8) is 0 Å². The molecule has 0 radical (unpaired) electrons. The van der Waals surface area contributed by atoms with Crippen molar-refractivity contribution in [1.29, 1.82) is 0 Å². The normalized spacial score (nSPS) is 11.7. The van der Waals surface area contributed by atoms with Crippen LogP contribution >= 0.6 is 12.4 Å². The van der Waals surface area contributed by atoms with Crippen LogP contribution in [0.1, 0.15) is 26.3 Å². The summed E-state index contributed by atoms with van der Waals surface area (Å²) >= 11 is 0. The molecule has 114 valence electrons. The first-order valence-electron chi connectivity index (χ1n) is 6.79. The maximum absolute atomic E-state index is 11.7. The van der Waals surface area contributed by atoms with Gasteiger partial charge in [0.15, 0.2) is 0 Å².